The van der Waals surface area contributed by atoms with Crippen molar-refractivity contribution in [1.29, 1.82) is 0 Å². The number of aliphatic carboxylic acids is 1. The van der Waals surface area contributed by atoms with E-state index < -0.39 is 5.97 Å². The number of nitrogens with zero attached hydrogens (tertiary/aromatic N) is 1. The van der Waals surface area contributed by atoms with E-state index in [0.29, 0.717) is 31.6 Å². The molecule has 6 heteroatoms. The Labute approximate surface area is 144 Å². The van der Waals surface area contributed by atoms with E-state index in [0.717, 1.165) is 15.9 Å². The van der Waals surface area contributed by atoms with Gasteiger partial charge in [-0.1, -0.05) is 0 Å². The van der Waals surface area contributed by atoms with Gasteiger partial charge in [-0.2, -0.15) is 0 Å². The molecular formula is C18H20N2O3S. The highest BCUT2D eigenvalue weighted by atomic mass is 32.1. The zero-order valence-electron chi connectivity index (χ0n) is 13.3. The molecule has 0 bridgehead atoms. The van der Waals surface area contributed by atoms with E-state index in [2.05, 4.69) is 10.3 Å². The average molecular weight is 344 g/mol. The number of carboxylic acids is 1. The van der Waals surface area contributed by atoms with Crippen LogP contribution >= 0.6 is 11.3 Å². The highest BCUT2D eigenvalue weighted by Gasteiger charge is 2.30. The molecule has 0 spiro atoms. The third kappa shape index (κ3) is 3.15. The van der Waals surface area contributed by atoms with Crippen molar-refractivity contribution < 1.29 is 14.7 Å². The summed E-state index contributed by atoms with van der Waals surface area (Å²) in [4.78, 5) is 28.1. The number of aromatic nitrogens is 1. The summed E-state index contributed by atoms with van der Waals surface area (Å²) >= 11 is 1.72. The minimum absolute atomic E-state index is 0.00474. The highest BCUT2D eigenvalue weighted by molar-refractivity contribution is 7.18. The van der Waals surface area contributed by atoms with Gasteiger partial charge in [0.25, 0.3) is 0 Å². The van der Waals surface area contributed by atoms with Gasteiger partial charge in [0.05, 0.1) is 21.1 Å². The second-order valence-electron chi connectivity index (χ2n) is 6.88. The monoisotopic (exact) mass is 344 g/mol. The molecule has 2 saturated carbocycles. The average Bonchev–Trinajstić information content (AvgIpc) is 3.34. The zero-order valence-corrected chi connectivity index (χ0v) is 14.1. The predicted octanol–water partition coefficient (Wildman–Crippen LogP) is 4.00. The summed E-state index contributed by atoms with van der Waals surface area (Å²) in [6.45, 7) is 0. The number of thiazole rings is 1. The van der Waals surface area contributed by atoms with Crippen molar-refractivity contribution in [2.45, 2.75) is 44.4 Å². The topological polar surface area (TPSA) is 79.3 Å². The van der Waals surface area contributed by atoms with Crippen LogP contribution in [0.15, 0.2) is 18.2 Å². The van der Waals surface area contributed by atoms with Gasteiger partial charge in [0, 0.05) is 17.5 Å². The molecule has 2 aliphatic carbocycles. The highest BCUT2D eigenvalue weighted by Crippen LogP contribution is 2.43. The zero-order chi connectivity index (χ0) is 16.7. The number of anilines is 1. The summed E-state index contributed by atoms with van der Waals surface area (Å²) < 4.78 is 1.12. The molecule has 1 heterocycles. The van der Waals surface area contributed by atoms with Crippen LogP contribution in [0.1, 0.15) is 49.5 Å². The molecule has 2 N–H and O–H groups in total. The molecule has 1 amide bonds. The number of amides is 1. The number of rotatable bonds is 4. The van der Waals surface area contributed by atoms with Gasteiger partial charge in [-0.3, -0.25) is 9.59 Å². The second kappa shape index (κ2) is 6.16. The summed E-state index contributed by atoms with van der Waals surface area (Å²) in [7, 11) is 0. The minimum atomic E-state index is -0.740. The van der Waals surface area contributed by atoms with Crippen LogP contribution in [-0.2, 0) is 9.59 Å². The molecule has 126 valence electrons. The fourth-order valence-corrected chi connectivity index (χ4v) is 4.55. The quantitative estimate of drug-likeness (QED) is 0.878. The van der Waals surface area contributed by atoms with Crippen LogP contribution in [0, 0.1) is 11.8 Å². The largest absolute Gasteiger partial charge is 0.481 e. The number of carboxylic acid groups (broad SMARTS) is 1. The van der Waals surface area contributed by atoms with Gasteiger partial charge in [0.1, 0.15) is 0 Å². The molecular weight excluding hydrogens is 324 g/mol. The molecule has 0 radical (unpaired) electrons. The first kappa shape index (κ1) is 15.6. The minimum Gasteiger partial charge on any atom is -0.481 e. The van der Waals surface area contributed by atoms with E-state index in [1.165, 1.54) is 17.8 Å². The molecule has 2 fully saturated rings. The summed E-state index contributed by atoms with van der Waals surface area (Å²) in [6.07, 6.45) is 4.96. The van der Waals surface area contributed by atoms with E-state index in [1.807, 2.05) is 18.2 Å². The maximum atomic E-state index is 12.4. The fourth-order valence-electron chi connectivity index (χ4n) is 3.37. The molecule has 2 aromatic rings. The van der Waals surface area contributed by atoms with Gasteiger partial charge in [0.2, 0.25) is 5.91 Å². The number of carbonyl (C=O) groups excluding carboxylic acids is 1. The van der Waals surface area contributed by atoms with Crippen molar-refractivity contribution in [2.24, 2.45) is 11.8 Å². The number of hydrogen-bond acceptors (Lipinski definition) is 4. The van der Waals surface area contributed by atoms with Crippen molar-refractivity contribution in [3.05, 3.63) is 23.2 Å². The number of hydrogen-bond donors (Lipinski definition) is 2. The van der Waals surface area contributed by atoms with Gasteiger partial charge >= 0.3 is 5.97 Å². The Morgan fingerprint density at radius 2 is 1.79 bits per heavy atom. The molecule has 0 unspecified atom stereocenters. The normalized spacial score (nSPS) is 24.0. The van der Waals surface area contributed by atoms with E-state index in [1.54, 1.807) is 11.3 Å². The third-order valence-corrected chi connectivity index (χ3v) is 6.23. The Hall–Kier alpha value is -1.95. The molecule has 0 saturated heterocycles. The Bertz CT molecular complexity index is 789. The first-order valence-corrected chi connectivity index (χ1v) is 9.36. The Kier molecular flexibility index (Phi) is 4.00. The van der Waals surface area contributed by atoms with Crippen LogP contribution in [0.25, 0.3) is 10.2 Å². The van der Waals surface area contributed by atoms with Gasteiger partial charge in [-0.15, -0.1) is 11.3 Å². The lowest BCUT2D eigenvalue weighted by atomic mass is 9.81. The van der Waals surface area contributed by atoms with E-state index >= 15 is 0 Å². The lowest BCUT2D eigenvalue weighted by Crippen LogP contribution is -2.29. The van der Waals surface area contributed by atoms with Crippen molar-refractivity contribution in [1.82, 2.24) is 4.98 Å². The molecule has 4 rings (SSSR count). The lowest BCUT2D eigenvalue weighted by Gasteiger charge is -2.25. The van der Waals surface area contributed by atoms with Gasteiger partial charge in [0.15, 0.2) is 0 Å². The smallest absolute Gasteiger partial charge is 0.306 e. The van der Waals surface area contributed by atoms with Crippen molar-refractivity contribution >= 4 is 39.1 Å². The van der Waals surface area contributed by atoms with Crippen LogP contribution in [0.4, 0.5) is 5.69 Å². The van der Waals surface area contributed by atoms with Gasteiger partial charge in [-0.05, 0) is 56.7 Å². The van der Waals surface area contributed by atoms with E-state index in [9.17, 15) is 9.59 Å². The van der Waals surface area contributed by atoms with Gasteiger partial charge in [-0.25, -0.2) is 4.98 Å². The molecule has 5 nitrogen and oxygen atoms in total. The molecule has 1 aromatic carbocycles. The summed E-state index contributed by atoms with van der Waals surface area (Å²) in [6, 6.07) is 5.87. The number of nitrogens with one attached hydrogen (secondary N) is 1. The number of fused-ring (bicyclic) bond motifs is 1. The van der Waals surface area contributed by atoms with Crippen molar-refractivity contribution in [3.8, 4) is 0 Å². The Morgan fingerprint density at radius 3 is 2.46 bits per heavy atom. The third-order valence-electron chi connectivity index (χ3n) is 5.05. The number of carbonyl (C=O) groups is 2. The van der Waals surface area contributed by atoms with Crippen LogP contribution < -0.4 is 5.32 Å². The van der Waals surface area contributed by atoms with E-state index in [4.69, 9.17) is 5.11 Å². The molecule has 0 atom stereocenters. The van der Waals surface area contributed by atoms with Crippen molar-refractivity contribution in [2.75, 3.05) is 5.32 Å². The summed E-state index contributed by atoms with van der Waals surface area (Å²) in [5.41, 5.74) is 1.81. The fraction of sp³-hybridized carbons (Fsp3) is 0.500. The van der Waals surface area contributed by atoms with Crippen LogP contribution in [0.2, 0.25) is 0 Å². The SMILES string of the molecule is O=C(O)C1CCC(C(=O)Nc2ccc3nc(C4CC4)sc3c2)CC1. The van der Waals surface area contributed by atoms with Gasteiger partial charge < -0.3 is 10.4 Å². The summed E-state index contributed by atoms with van der Waals surface area (Å²) in [5.74, 6) is -0.464. The maximum Gasteiger partial charge on any atom is 0.306 e. The first-order chi connectivity index (χ1) is 11.6. The number of benzene rings is 1. The summed E-state index contributed by atoms with van der Waals surface area (Å²) in [5, 5.41) is 13.2. The molecule has 1 aromatic heterocycles. The Balaban J connectivity index is 1.42. The molecule has 2 aliphatic rings. The van der Waals surface area contributed by atoms with Crippen molar-refractivity contribution in [3.63, 3.8) is 0 Å². The van der Waals surface area contributed by atoms with Crippen LogP contribution in [0.5, 0.6) is 0 Å². The molecule has 0 aliphatic heterocycles. The van der Waals surface area contributed by atoms with Crippen LogP contribution in [0.3, 0.4) is 0 Å². The maximum absolute atomic E-state index is 12.4. The Morgan fingerprint density at radius 1 is 1.08 bits per heavy atom. The van der Waals surface area contributed by atoms with E-state index in [-0.39, 0.29) is 17.7 Å². The molecule has 24 heavy (non-hydrogen) atoms. The first-order valence-electron chi connectivity index (χ1n) is 8.54. The lowest BCUT2D eigenvalue weighted by molar-refractivity contribution is -0.143. The standard InChI is InChI=1S/C18H20N2O3S/c21-16(10-1-5-12(6-2-10)18(22)23)19-13-7-8-14-15(9-13)24-17(20-14)11-3-4-11/h7-12H,1-6H2,(H,19,21)(H,22,23). The van der Waals surface area contributed by atoms with Crippen LogP contribution in [-0.4, -0.2) is 22.0 Å². The predicted molar refractivity (Wildman–Crippen MR) is 93.3 cm³/mol. The second-order valence-corrected chi connectivity index (χ2v) is 7.95.